The van der Waals surface area contributed by atoms with Crippen LogP contribution in [-0.4, -0.2) is 11.8 Å². The van der Waals surface area contributed by atoms with Crippen molar-refractivity contribution in [3.8, 4) is 5.75 Å². The second-order valence-electron chi connectivity index (χ2n) is 6.03. The Labute approximate surface area is 147 Å². The SMILES string of the molecule is O=C(/C=C/c1ccccc1)Oc1ccc(/C=C2/CCCCC2=O)cc1. The molecule has 0 saturated heterocycles. The van der Waals surface area contributed by atoms with Crippen LogP contribution in [0.4, 0.5) is 0 Å². The van der Waals surface area contributed by atoms with Crippen LogP contribution >= 0.6 is 0 Å². The standard InChI is InChI=1S/C22H20O3/c23-21-9-5-4-8-19(21)16-18-10-13-20(14-11-18)25-22(24)15-12-17-6-2-1-3-7-17/h1-3,6-7,10-16H,4-5,8-9H2/b15-12+,19-16-. The van der Waals surface area contributed by atoms with Crippen molar-refractivity contribution in [1.82, 2.24) is 0 Å². The fourth-order valence-corrected chi connectivity index (χ4v) is 2.77. The average Bonchev–Trinajstić information content (AvgIpc) is 2.64. The monoisotopic (exact) mass is 332 g/mol. The first-order valence-electron chi connectivity index (χ1n) is 8.49. The summed E-state index contributed by atoms with van der Waals surface area (Å²) in [4.78, 5) is 23.7. The van der Waals surface area contributed by atoms with E-state index in [2.05, 4.69) is 0 Å². The quantitative estimate of drug-likeness (QED) is 0.457. The minimum atomic E-state index is -0.419. The Hall–Kier alpha value is -2.94. The molecule has 126 valence electrons. The normalized spacial score (nSPS) is 16.3. The van der Waals surface area contributed by atoms with Crippen LogP contribution < -0.4 is 4.74 Å². The van der Waals surface area contributed by atoms with Gasteiger partial charge in [-0.15, -0.1) is 0 Å². The molecule has 0 amide bonds. The molecule has 0 atom stereocenters. The lowest BCUT2D eigenvalue weighted by molar-refractivity contribution is -0.128. The molecule has 0 aliphatic heterocycles. The first-order valence-corrected chi connectivity index (χ1v) is 8.49. The predicted octanol–water partition coefficient (Wildman–Crippen LogP) is 4.83. The summed E-state index contributed by atoms with van der Waals surface area (Å²) >= 11 is 0. The molecule has 0 aromatic heterocycles. The maximum Gasteiger partial charge on any atom is 0.336 e. The van der Waals surface area contributed by atoms with Gasteiger partial charge in [0.05, 0.1) is 0 Å². The average molecular weight is 332 g/mol. The van der Waals surface area contributed by atoms with Crippen molar-refractivity contribution in [2.24, 2.45) is 0 Å². The summed E-state index contributed by atoms with van der Waals surface area (Å²) in [7, 11) is 0. The molecular formula is C22H20O3. The summed E-state index contributed by atoms with van der Waals surface area (Å²) < 4.78 is 5.29. The molecule has 3 nitrogen and oxygen atoms in total. The van der Waals surface area contributed by atoms with Gasteiger partial charge in [0, 0.05) is 12.5 Å². The lowest BCUT2D eigenvalue weighted by Gasteiger charge is -2.12. The lowest BCUT2D eigenvalue weighted by atomic mass is 9.92. The predicted molar refractivity (Wildman–Crippen MR) is 99.0 cm³/mol. The topological polar surface area (TPSA) is 43.4 Å². The van der Waals surface area contributed by atoms with Crippen molar-refractivity contribution in [2.75, 3.05) is 0 Å². The van der Waals surface area contributed by atoms with Gasteiger partial charge in [0.1, 0.15) is 5.75 Å². The summed E-state index contributed by atoms with van der Waals surface area (Å²) in [5.74, 6) is 0.310. The van der Waals surface area contributed by atoms with Crippen LogP contribution in [0.1, 0.15) is 36.8 Å². The second-order valence-corrected chi connectivity index (χ2v) is 6.03. The number of hydrogen-bond donors (Lipinski definition) is 0. The van der Waals surface area contributed by atoms with Crippen molar-refractivity contribution in [1.29, 1.82) is 0 Å². The Bertz CT molecular complexity index is 799. The van der Waals surface area contributed by atoms with Gasteiger partial charge in [0.15, 0.2) is 5.78 Å². The molecule has 1 aliphatic carbocycles. The van der Waals surface area contributed by atoms with E-state index in [1.165, 1.54) is 6.08 Å². The zero-order chi connectivity index (χ0) is 17.5. The zero-order valence-electron chi connectivity index (χ0n) is 14.0. The number of carbonyl (C=O) groups excluding carboxylic acids is 2. The summed E-state index contributed by atoms with van der Waals surface area (Å²) in [6, 6.07) is 16.8. The number of Topliss-reactive ketones (excluding diaryl/α,β-unsaturated/α-hetero) is 1. The Kier molecular flexibility index (Phi) is 5.57. The van der Waals surface area contributed by atoms with Gasteiger partial charge in [-0.2, -0.15) is 0 Å². The van der Waals surface area contributed by atoms with E-state index in [1.807, 2.05) is 48.5 Å². The highest BCUT2D eigenvalue weighted by atomic mass is 16.5. The van der Waals surface area contributed by atoms with Crippen molar-refractivity contribution in [3.63, 3.8) is 0 Å². The highest BCUT2D eigenvalue weighted by Crippen LogP contribution is 2.23. The van der Waals surface area contributed by atoms with E-state index in [-0.39, 0.29) is 5.78 Å². The molecule has 0 N–H and O–H groups in total. The maximum atomic E-state index is 11.9. The smallest absolute Gasteiger partial charge is 0.336 e. The summed E-state index contributed by atoms with van der Waals surface area (Å²) in [6.07, 6.45) is 8.61. The van der Waals surface area contributed by atoms with E-state index in [0.717, 1.165) is 36.0 Å². The van der Waals surface area contributed by atoms with Crippen LogP contribution in [0.5, 0.6) is 5.75 Å². The molecule has 0 unspecified atom stereocenters. The van der Waals surface area contributed by atoms with Gasteiger partial charge in [0.25, 0.3) is 0 Å². The van der Waals surface area contributed by atoms with Crippen molar-refractivity contribution >= 4 is 23.9 Å². The number of carbonyl (C=O) groups is 2. The first kappa shape index (κ1) is 16.9. The fourth-order valence-electron chi connectivity index (χ4n) is 2.77. The number of rotatable bonds is 4. The summed E-state index contributed by atoms with van der Waals surface area (Å²) in [5, 5.41) is 0. The van der Waals surface area contributed by atoms with Crippen LogP contribution in [0.3, 0.4) is 0 Å². The zero-order valence-corrected chi connectivity index (χ0v) is 14.0. The van der Waals surface area contributed by atoms with Gasteiger partial charge >= 0.3 is 5.97 Å². The van der Waals surface area contributed by atoms with Gasteiger partial charge < -0.3 is 4.74 Å². The van der Waals surface area contributed by atoms with E-state index in [9.17, 15) is 9.59 Å². The summed E-state index contributed by atoms with van der Waals surface area (Å²) in [6.45, 7) is 0. The van der Waals surface area contributed by atoms with Gasteiger partial charge in [-0.1, -0.05) is 42.5 Å². The number of allylic oxidation sites excluding steroid dienone is 1. The van der Waals surface area contributed by atoms with Crippen LogP contribution in [0, 0.1) is 0 Å². The van der Waals surface area contributed by atoms with E-state index in [4.69, 9.17) is 4.74 Å². The van der Waals surface area contributed by atoms with Crippen LogP contribution in [0.2, 0.25) is 0 Å². The van der Waals surface area contributed by atoms with Gasteiger partial charge in [-0.3, -0.25) is 4.79 Å². The molecule has 0 spiro atoms. The van der Waals surface area contributed by atoms with Crippen LogP contribution in [0.25, 0.3) is 12.2 Å². The third-order valence-corrected chi connectivity index (χ3v) is 4.11. The number of benzene rings is 2. The third-order valence-electron chi connectivity index (χ3n) is 4.11. The molecule has 2 aromatic rings. The molecule has 25 heavy (non-hydrogen) atoms. The molecule has 1 aliphatic rings. The Morgan fingerprint density at radius 1 is 0.880 bits per heavy atom. The van der Waals surface area contributed by atoms with E-state index in [0.29, 0.717) is 12.2 Å². The highest BCUT2D eigenvalue weighted by molar-refractivity contribution is 6.00. The van der Waals surface area contributed by atoms with E-state index < -0.39 is 5.97 Å². The maximum absolute atomic E-state index is 11.9. The lowest BCUT2D eigenvalue weighted by Crippen LogP contribution is -2.08. The van der Waals surface area contributed by atoms with Crippen molar-refractivity contribution in [3.05, 3.63) is 77.4 Å². The molecule has 0 bridgehead atoms. The molecule has 1 fully saturated rings. The number of hydrogen-bond acceptors (Lipinski definition) is 3. The number of esters is 1. The van der Waals surface area contributed by atoms with Crippen LogP contribution in [-0.2, 0) is 9.59 Å². The molecule has 2 aromatic carbocycles. The summed E-state index contributed by atoms with van der Waals surface area (Å²) in [5.41, 5.74) is 2.78. The molecule has 0 radical (unpaired) electrons. The molecule has 0 heterocycles. The van der Waals surface area contributed by atoms with Gasteiger partial charge in [-0.05, 0) is 60.2 Å². The minimum absolute atomic E-state index is 0.243. The Morgan fingerprint density at radius 3 is 2.32 bits per heavy atom. The molecule has 3 heteroatoms. The molecular weight excluding hydrogens is 312 g/mol. The van der Waals surface area contributed by atoms with Crippen molar-refractivity contribution < 1.29 is 14.3 Å². The van der Waals surface area contributed by atoms with E-state index in [1.54, 1.807) is 18.2 Å². The first-order chi connectivity index (χ1) is 12.2. The van der Waals surface area contributed by atoms with Crippen LogP contribution in [0.15, 0.2) is 66.2 Å². The fraction of sp³-hybridized carbons (Fsp3) is 0.182. The third kappa shape index (κ3) is 5.01. The number of ether oxygens (including phenoxy) is 1. The Balaban J connectivity index is 1.60. The second kappa shape index (κ2) is 8.25. The van der Waals surface area contributed by atoms with Gasteiger partial charge in [0.2, 0.25) is 0 Å². The van der Waals surface area contributed by atoms with Crippen molar-refractivity contribution in [2.45, 2.75) is 25.7 Å². The minimum Gasteiger partial charge on any atom is -0.423 e. The number of ketones is 1. The van der Waals surface area contributed by atoms with Gasteiger partial charge in [-0.25, -0.2) is 4.79 Å². The highest BCUT2D eigenvalue weighted by Gasteiger charge is 2.14. The largest absolute Gasteiger partial charge is 0.423 e. The van der Waals surface area contributed by atoms with E-state index >= 15 is 0 Å². The molecule has 1 saturated carbocycles. The molecule has 3 rings (SSSR count). The Morgan fingerprint density at radius 2 is 1.60 bits per heavy atom.